The van der Waals surface area contributed by atoms with E-state index in [0.717, 1.165) is 43.4 Å². The lowest BCUT2D eigenvalue weighted by molar-refractivity contribution is -0.138. The van der Waals surface area contributed by atoms with Gasteiger partial charge in [-0.05, 0) is 61.9 Å². The SMILES string of the molecule is CC.Cc1ccc(NC(=O)c2ccc(CN3CCN(C)CC3)c(C(F)(F)F)c2)cc1C. The van der Waals surface area contributed by atoms with Crippen molar-refractivity contribution in [1.82, 2.24) is 9.80 Å². The van der Waals surface area contributed by atoms with Gasteiger partial charge in [0.1, 0.15) is 0 Å². The summed E-state index contributed by atoms with van der Waals surface area (Å²) < 4.78 is 41.0. The molecule has 0 radical (unpaired) electrons. The largest absolute Gasteiger partial charge is 0.416 e. The molecule has 0 atom stereocenters. The number of carbonyl (C=O) groups is 1. The third kappa shape index (κ3) is 6.80. The molecule has 1 N–H and O–H groups in total. The smallest absolute Gasteiger partial charge is 0.322 e. The van der Waals surface area contributed by atoms with Crippen LogP contribution in [0.15, 0.2) is 36.4 Å². The lowest BCUT2D eigenvalue weighted by atomic mass is 10.0. The Hall–Kier alpha value is -2.38. The van der Waals surface area contributed by atoms with Crippen molar-refractivity contribution in [2.45, 2.75) is 40.4 Å². The van der Waals surface area contributed by atoms with Gasteiger partial charge in [0, 0.05) is 44.0 Å². The second-order valence-corrected chi connectivity index (χ2v) is 7.70. The summed E-state index contributed by atoms with van der Waals surface area (Å²) in [5, 5.41) is 2.69. The molecule has 0 saturated carbocycles. The van der Waals surface area contributed by atoms with Crippen LogP contribution >= 0.6 is 0 Å². The zero-order valence-electron chi connectivity index (χ0n) is 18.9. The lowest BCUT2D eigenvalue weighted by Crippen LogP contribution is -2.44. The first-order chi connectivity index (χ1) is 14.6. The van der Waals surface area contributed by atoms with Gasteiger partial charge in [-0.1, -0.05) is 26.0 Å². The Balaban J connectivity index is 0.00000166. The average molecular weight is 436 g/mol. The van der Waals surface area contributed by atoms with Crippen LogP contribution in [0.4, 0.5) is 18.9 Å². The second-order valence-electron chi connectivity index (χ2n) is 7.70. The Morgan fingerprint density at radius 1 is 0.968 bits per heavy atom. The number of nitrogens with zero attached hydrogens (tertiary/aromatic N) is 2. The average Bonchev–Trinajstić information content (AvgIpc) is 2.73. The Labute approximate surface area is 183 Å². The number of alkyl halides is 3. The normalized spacial score (nSPS) is 15.2. The fraction of sp³-hybridized carbons (Fsp3) is 0.458. The number of piperazine rings is 1. The molecular formula is C24H32F3N3O. The molecular weight excluding hydrogens is 403 g/mol. The van der Waals surface area contributed by atoms with Crippen molar-refractivity contribution in [3.8, 4) is 0 Å². The van der Waals surface area contributed by atoms with Crippen LogP contribution in [-0.4, -0.2) is 48.9 Å². The highest BCUT2D eigenvalue weighted by Gasteiger charge is 2.34. The first-order valence-corrected chi connectivity index (χ1v) is 10.6. The third-order valence-corrected chi connectivity index (χ3v) is 5.43. The van der Waals surface area contributed by atoms with Crippen LogP contribution in [0.2, 0.25) is 0 Å². The molecule has 0 unspecified atom stereocenters. The Morgan fingerprint density at radius 2 is 1.61 bits per heavy atom. The number of aryl methyl sites for hydroxylation is 2. The molecule has 1 aliphatic rings. The number of carbonyl (C=O) groups excluding carboxylic acids is 1. The standard InChI is InChI=1S/C22H26F3N3O.C2H6/c1-15-4-7-19(12-16(15)2)26-21(29)17-5-6-18(20(13-17)22(23,24)25)14-28-10-8-27(3)9-11-28;1-2/h4-7,12-13H,8-11,14H2,1-3H3,(H,26,29);1-2H3. The van der Waals surface area contributed by atoms with Gasteiger partial charge in [-0.2, -0.15) is 13.2 Å². The summed E-state index contributed by atoms with van der Waals surface area (Å²) in [6.07, 6.45) is -4.52. The van der Waals surface area contributed by atoms with E-state index < -0.39 is 17.6 Å². The minimum absolute atomic E-state index is 0.00215. The van der Waals surface area contributed by atoms with Gasteiger partial charge in [-0.3, -0.25) is 9.69 Å². The predicted molar refractivity (Wildman–Crippen MR) is 119 cm³/mol. The van der Waals surface area contributed by atoms with Gasteiger partial charge in [-0.15, -0.1) is 0 Å². The van der Waals surface area contributed by atoms with Gasteiger partial charge in [-0.25, -0.2) is 0 Å². The second kappa shape index (κ2) is 10.8. The van der Waals surface area contributed by atoms with Crippen molar-refractivity contribution >= 4 is 11.6 Å². The topological polar surface area (TPSA) is 35.6 Å². The minimum Gasteiger partial charge on any atom is -0.322 e. The zero-order valence-corrected chi connectivity index (χ0v) is 18.9. The molecule has 0 aliphatic carbocycles. The number of rotatable bonds is 4. The van der Waals surface area contributed by atoms with E-state index in [4.69, 9.17) is 0 Å². The van der Waals surface area contributed by atoms with Crippen molar-refractivity contribution < 1.29 is 18.0 Å². The summed E-state index contributed by atoms with van der Waals surface area (Å²) in [5.74, 6) is -0.551. The molecule has 4 nitrogen and oxygen atoms in total. The maximum absolute atomic E-state index is 13.7. The number of hydrogen-bond acceptors (Lipinski definition) is 3. The van der Waals surface area contributed by atoms with Gasteiger partial charge in [0.25, 0.3) is 5.91 Å². The highest BCUT2D eigenvalue weighted by atomic mass is 19.4. The van der Waals surface area contributed by atoms with E-state index in [0.29, 0.717) is 5.69 Å². The summed E-state index contributed by atoms with van der Waals surface area (Å²) in [5.41, 5.74) is 2.09. The molecule has 0 bridgehead atoms. The quantitative estimate of drug-likeness (QED) is 0.703. The molecule has 7 heteroatoms. The monoisotopic (exact) mass is 435 g/mol. The first-order valence-electron chi connectivity index (χ1n) is 10.6. The number of nitrogens with one attached hydrogen (secondary N) is 1. The van der Waals surface area contributed by atoms with Crippen LogP contribution in [0.1, 0.15) is 46.5 Å². The molecule has 1 aliphatic heterocycles. The predicted octanol–water partition coefficient (Wildman–Crippen LogP) is 5.35. The Bertz CT molecular complexity index is 888. The molecule has 1 heterocycles. The summed E-state index contributed by atoms with van der Waals surface area (Å²) in [6, 6.07) is 9.27. The summed E-state index contributed by atoms with van der Waals surface area (Å²) in [7, 11) is 2.00. The number of amides is 1. The molecule has 31 heavy (non-hydrogen) atoms. The molecule has 2 aromatic carbocycles. The van der Waals surface area contributed by atoms with E-state index in [9.17, 15) is 18.0 Å². The number of anilines is 1. The van der Waals surface area contributed by atoms with Crippen LogP contribution in [0.25, 0.3) is 0 Å². The van der Waals surface area contributed by atoms with Gasteiger partial charge in [0.15, 0.2) is 0 Å². The van der Waals surface area contributed by atoms with E-state index in [1.165, 1.54) is 12.1 Å². The van der Waals surface area contributed by atoms with Gasteiger partial charge in [0.2, 0.25) is 0 Å². The molecule has 1 fully saturated rings. The lowest BCUT2D eigenvalue weighted by Gasteiger charge is -2.33. The van der Waals surface area contributed by atoms with E-state index >= 15 is 0 Å². The van der Waals surface area contributed by atoms with Crippen LogP contribution < -0.4 is 5.32 Å². The number of hydrogen-bond donors (Lipinski definition) is 1. The maximum Gasteiger partial charge on any atom is 0.416 e. The molecule has 2 aromatic rings. The Kier molecular flexibility index (Phi) is 8.65. The number of likely N-dealkylation sites (N-methyl/N-ethyl adjacent to an activating group) is 1. The number of halogens is 3. The fourth-order valence-corrected chi connectivity index (χ4v) is 3.39. The summed E-state index contributed by atoms with van der Waals surface area (Å²) in [4.78, 5) is 16.7. The third-order valence-electron chi connectivity index (χ3n) is 5.43. The van der Waals surface area contributed by atoms with Gasteiger partial charge < -0.3 is 10.2 Å². The fourth-order valence-electron chi connectivity index (χ4n) is 3.39. The number of benzene rings is 2. The van der Waals surface area contributed by atoms with Crippen molar-refractivity contribution in [2.75, 3.05) is 38.5 Å². The summed E-state index contributed by atoms with van der Waals surface area (Å²) >= 11 is 0. The van der Waals surface area contributed by atoms with E-state index in [1.54, 1.807) is 12.1 Å². The van der Waals surface area contributed by atoms with E-state index in [1.807, 2.05) is 45.7 Å². The molecule has 170 valence electrons. The molecule has 0 spiro atoms. The van der Waals surface area contributed by atoms with E-state index in [2.05, 4.69) is 10.2 Å². The van der Waals surface area contributed by atoms with Crippen molar-refractivity contribution in [2.24, 2.45) is 0 Å². The zero-order chi connectivity index (χ0) is 23.2. The molecule has 3 rings (SSSR count). The van der Waals surface area contributed by atoms with Crippen LogP contribution in [0, 0.1) is 13.8 Å². The maximum atomic E-state index is 13.7. The first kappa shape index (κ1) is 24.9. The molecule has 1 saturated heterocycles. The minimum atomic E-state index is -4.52. The van der Waals surface area contributed by atoms with Crippen molar-refractivity contribution in [3.63, 3.8) is 0 Å². The Morgan fingerprint density at radius 3 is 2.19 bits per heavy atom. The molecule has 0 aromatic heterocycles. The van der Waals surface area contributed by atoms with Crippen LogP contribution in [-0.2, 0) is 12.7 Å². The van der Waals surface area contributed by atoms with E-state index in [-0.39, 0.29) is 17.7 Å². The summed E-state index contributed by atoms with van der Waals surface area (Å²) in [6.45, 7) is 11.2. The highest BCUT2D eigenvalue weighted by Crippen LogP contribution is 2.33. The highest BCUT2D eigenvalue weighted by molar-refractivity contribution is 6.04. The van der Waals surface area contributed by atoms with Crippen LogP contribution in [0.3, 0.4) is 0 Å². The molecule has 1 amide bonds. The van der Waals surface area contributed by atoms with Crippen molar-refractivity contribution in [3.05, 3.63) is 64.2 Å². The van der Waals surface area contributed by atoms with Crippen LogP contribution in [0.5, 0.6) is 0 Å². The van der Waals surface area contributed by atoms with Gasteiger partial charge >= 0.3 is 6.18 Å². The van der Waals surface area contributed by atoms with Gasteiger partial charge in [0.05, 0.1) is 5.56 Å². The van der Waals surface area contributed by atoms with Crippen molar-refractivity contribution in [1.29, 1.82) is 0 Å².